The smallest absolute Gasteiger partial charge is 0.229 e. The van der Waals surface area contributed by atoms with Crippen LogP contribution in [0.1, 0.15) is 25.5 Å². The summed E-state index contributed by atoms with van der Waals surface area (Å²) in [5.74, 6) is 2.46. The molecule has 144 valence electrons. The Balaban J connectivity index is 1.45. The molecule has 2 aliphatic heterocycles. The number of piperidine rings is 1. The summed E-state index contributed by atoms with van der Waals surface area (Å²) in [5.41, 5.74) is 3.28. The van der Waals surface area contributed by atoms with Gasteiger partial charge in [0.1, 0.15) is 5.82 Å². The molecule has 0 bridgehead atoms. The minimum Gasteiger partial charge on any atom is -0.378 e. The minimum absolute atomic E-state index is 0.649. The quantitative estimate of drug-likeness (QED) is 0.891. The van der Waals surface area contributed by atoms with E-state index in [0.29, 0.717) is 5.95 Å². The molecule has 6 heteroatoms. The first kappa shape index (κ1) is 18.0. The van der Waals surface area contributed by atoms with Gasteiger partial charge in [0.2, 0.25) is 5.95 Å². The molecular weight excluding hydrogens is 338 g/mol. The largest absolute Gasteiger partial charge is 0.378 e. The minimum atomic E-state index is 0.649. The zero-order valence-corrected chi connectivity index (χ0v) is 16.3. The average molecular weight is 367 g/mol. The molecule has 0 radical (unpaired) electrons. The lowest BCUT2D eigenvalue weighted by Gasteiger charge is -2.32. The number of rotatable bonds is 4. The molecule has 2 fully saturated rings. The molecule has 0 saturated carbocycles. The van der Waals surface area contributed by atoms with Gasteiger partial charge in [0.15, 0.2) is 0 Å². The van der Waals surface area contributed by atoms with E-state index in [4.69, 9.17) is 9.72 Å². The monoisotopic (exact) mass is 367 g/mol. The topological polar surface area (TPSA) is 53.5 Å². The second-order valence-corrected chi connectivity index (χ2v) is 7.63. The van der Waals surface area contributed by atoms with Gasteiger partial charge >= 0.3 is 0 Å². The molecule has 0 atom stereocenters. The van der Waals surface area contributed by atoms with E-state index in [0.717, 1.165) is 62.5 Å². The molecule has 1 aromatic carbocycles. The summed E-state index contributed by atoms with van der Waals surface area (Å²) in [4.78, 5) is 14.0. The van der Waals surface area contributed by atoms with Gasteiger partial charge in [0.25, 0.3) is 0 Å². The van der Waals surface area contributed by atoms with E-state index in [1.165, 1.54) is 18.5 Å². The van der Waals surface area contributed by atoms with E-state index in [2.05, 4.69) is 51.3 Å². The highest BCUT2D eigenvalue weighted by atomic mass is 16.5. The van der Waals surface area contributed by atoms with E-state index in [1.54, 1.807) is 0 Å². The van der Waals surface area contributed by atoms with Gasteiger partial charge in [-0.2, -0.15) is 4.98 Å². The van der Waals surface area contributed by atoms with Gasteiger partial charge < -0.3 is 19.9 Å². The van der Waals surface area contributed by atoms with Gasteiger partial charge in [-0.25, -0.2) is 4.98 Å². The average Bonchev–Trinajstić information content (AvgIpc) is 2.69. The van der Waals surface area contributed by atoms with Crippen molar-refractivity contribution in [3.8, 4) is 0 Å². The number of benzene rings is 1. The standard InChI is InChI=1S/C21H29N5O/c1-16-7-9-25(10-8-16)19-5-3-18(4-6-19)23-21-22-17(2)15-20(24-21)26-11-13-27-14-12-26/h3-6,15-16H,7-14H2,1-2H3,(H,22,23,24). The molecule has 3 heterocycles. The van der Waals surface area contributed by atoms with Crippen LogP contribution in [0.2, 0.25) is 0 Å². The second kappa shape index (κ2) is 8.13. The fourth-order valence-electron chi connectivity index (χ4n) is 3.71. The van der Waals surface area contributed by atoms with Crippen LogP contribution < -0.4 is 15.1 Å². The van der Waals surface area contributed by atoms with Crippen molar-refractivity contribution < 1.29 is 4.74 Å². The summed E-state index contributed by atoms with van der Waals surface area (Å²) >= 11 is 0. The maximum absolute atomic E-state index is 5.44. The summed E-state index contributed by atoms with van der Waals surface area (Å²) in [6.07, 6.45) is 2.56. The maximum atomic E-state index is 5.44. The molecular formula is C21H29N5O. The van der Waals surface area contributed by atoms with Crippen LogP contribution in [0.15, 0.2) is 30.3 Å². The van der Waals surface area contributed by atoms with Crippen molar-refractivity contribution in [3.05, 3.63) is 36.0 Å². The third kappa shape index (κ3) is 4.50. The molecule has 2 aliphatic rings. The van der Waals surface area contributed by atoms with E-state index in [-0.39, 0.29) is 0 Å². The third-order valence-electron chi connectivity index (χ3n) is 5.45. The number of aromatic nitrogens is 2. The molecule has 0 spiro atoms. The van der Waals surface area contributed by atoms with E-state index >= 15 is 0 Å². The van der Waals surface area contributed by atoms with Crippen LogP contribution in [0.25, 0.3) is 0 Å². The van der Waals surface area contributed by atoms with Crippen molar-refractivity contribution >= 4 is 23.1 Å². The van der Waals surface area contributed by atoms with Crippen LogP contribution in [0.3, 0.4) is 0 Å². The molecule has 0 amide bonds. The lowest BCUT2D eigenvalue weighted by atomic mass is 9.99. The highest BCUT2D eigenvalue weighted by Crippen LogP contribution is 2.25. The van der Waals surface area contributed by atoms with Gasteiger partial charge in [-0.15, -0.1) is 0 Å². The van der Waals surface area contributed by atoms with Crippen molar-refractivity contribution in [1.82, 2.24) is 9.97 Å². The summed E-state index contributed by atoms with van der Waals surface area (Å²) in [6, 6.07) is 10.7. The molecule has 1 aromatic heterocycles. The molecule has 4 rings (SSSR count). The molecule has 6 nitrogen and oxygen atoms in total. The predicted octanol–water partition coefficient (Wildman–Crippen LogP) is 3.60. The Bertz CT molecular complexity index is 750. The summed E-state index contributed by atoms with van der Waals surface area (Å²) < 4.78 is 5.44. The Kier molecular flexibility index (Phi) is 5.43. The molecule has 2 aromatic rings. The van der Waals surface area contributed by atoms with Crippen molar-refractivity contribution in [2.24, 2.45) is 5.92 Å². The van der Waals surface area contributed by atoms with Crippen molar-refractivity contribution in [3.63, 3.8) is 0 Å². The van der Waals surface area contributed by atoms with Gasteiger partial charge in [0.05, 0.1) is 13.2 Å². The lowest BCUT2D eigenvalue weighted by Crippen LogP contribution is -2.36. The Hall–Kier alpha value is -2.34. The molecule has 0 unspecified atom stereocenters. The zero-order chi connectivity index (χ0) is 18.6. The summed E-state index contributed by atoms with van der Waals surface area (Å²) in [6.45, 7) is 9.91. The van der Waals surface area contributed by atoms with E-state index in [1.807, 2.05) is 13.0 Å². The molecule has 27 heavy (non-hydrogen) atoms. The van der Waals surface area contributed by atoms with Crippen LogP contribution >= 0.6 is 0 Å². The first-order valence-electron chi connectivity index (χ1n) is 9.98. The maximum Gasteiger partial charge on any atom is 0.229 e. The Morgan fingerprint density at radius 1 is 0.963 bits per heavy atom. The van der Waals surface area contributed by atoms with Gasteiger partial charge in [-0.1, -0.05) is 6.92 Å². The predicted molar refractivity (Wildman–Crippen MR) is 110 cm³/mol. The van der Waals surface area contributed by atoms with Gasteiger partial charge in [-0.3, -0.25) is 0 Å². The number of anilines is 4. The van der Waals surface area contributed by atoms with Crippen molar-refractivity contribution in [2.75, 3.05) is 54.5 Å². The number of hydrogen-bond acceptors (Lipinski definition) is 6. The number of nitrogens with one attached hydrogen (secondary N) is 1. The number of aryl methyl sites for hydroxylation is 1. The zero-order valence-electron chi connectivity index (χ0n) is 16.3. The summed E-state index contributed by atoms with van der Waals surface area (Å²) in [7, 11) is 0. The first-order chi connectivity index (χ1) is 13.2. The Labute approximate surface area is 161 Å². The fourth-order valence-corrected chi connectivity index (χ4v) is 3.71. The lowest BCUT2D eigenvalue weighted by molar-refractivity contribution is 0.122. The third-order valence-corrected chi connectivity index (χ3v) is 5.45. The van der Waals surface area contributed by atoms with Crippen LogP contribution in [0, 0.1) is 12.8 Å². The second-order valence-electron chi connectivity index (χ2n) is 7.63. The van der Waals surface area contributed by atoms with Crippen LogP contribution in [0.4, 0.5) is 23.1 Å². The highest BCUT2D eigenvalue weighted by molar-refractivity contribution is 5.60. The highest BCUT2D eigenvalue weighted by Gasteiger charge is 2.16. The summed E-state index contributed by atoms with van der Waals surface area (Å²) in [5, 5.41) is 3.36. The van der Waals surface area contributed by atoms with Crippen LogP contribution in [0.5, 0.6) is 0 Å². The molecule has 0 aliphatic carbocycles. The molecule has 2 saturated heterocycles. The van der Waals surface area contributed by atoms with Crippen LogP contribution in [-0.2, 0) is 4.74 Å². The number of nitrogens with zero attached hydrogens (tertiary/aromatic N) is 4. The fraction of sp³-hybridized carbons (Fsp3) is 0.524. The SMILES string of the molecule is Cc1cc(N2CCOCC2)nc(Nc2ccc(N3CCC(C)CC3)cc2)n1. The van der Waals surface area contributed by atoms with Gasteiger partial charge in [-0.05, 0) is 49.9 Å². The van der Waals surface area contributed by atoms with Crippen LogP contribution in [-0.4, -0.2) is 49.4 Å². The van der Waals surface area contributed by atoms with Crippen molar-refractivity contribution in [1.29, 1.82) is 0 Å². The Morgan fingerprint density at radius 3 is 2.37 bits per heavy atom. The molecule has 1 N–H and O–H groups in total. The number of hydrogen-bond donors (Lipinski definition) is 1. The Morgan fingerprint density at radius 2 is 1.67 bits per heavy atom. The number of morpholine rings is 1. The first-order valence-corrected chi connectivity index (χ1v) is 9.98. The number of ether oxygens (including phenoxy) is 1. The normalized spacial score (nSPS) is 18.6. The van der Waals surface area contributed by atoms with E-state index < -0.39 is 0 Å². The van der Waals surface area contributed by atoms with Gasteiger partial charge in [0, 0.05) is 49.3 Å². The van der Waals surface area contributed by atoms with Crippen molar-refractivity contribution in [2.45, 2.75) is 26.7 Å². The van der Waals surface area contributed by atoms with E-state index in [9.17, 15) is 0 Å².